The van der Waals surface area contributed by atoms with Gasteiger partial charge in [-0.1, -0.05) is 29.3 Å². The van der Waals surface area contributed by atoms with E-state index in [1.165, 1.54) is 32.5 Å². The predicted molar refractivity (Wildman–Crippen MR) is 81.0 cm³/mol. The summed E-state index contributed by atoms with van der Waals surface area (Å²) in [5, 5.41) is 5.21. The van der Waals surface area contributed by atoms with Crippen molar-refractivity contribution in [2.75, 3.05) is 19.6 Å². The number of hydrogen-bond acceptors (Lipinski definition) is 2. The largest absolute Gasteiger partial charge is 0.306 e. The first-order chi connectivity index (χ1) is 9.13. The standard InChI is InChI=1S/C15H20Cl2N2/c1-10(13-3-2-12(16)8-14(13)17)18-15-9-19-6-4-11(15)5-7-19/h2-3,8,10-11,15,18H,4-7,9H2,1H3. The van der Waals surface area contributed by atoms with E-state index in [-0.39, 0.29) is 6.04 Å². The van der Waals surface area contributed by atoms with Crippen molar-refractivity contribution in [3.05, 3.63) is 33.8 Å². The molecule has 0 aromatic heterocycles. The molecule has 1 aromatic rings. The maximum atomic E-state index is 6.29. The van der Waals surface area contributed by atoms with E-state index in [2.05, 4.69) is 17.1 Å². The Kier molecular flexibility index (Phi) is 4.04. The summed E-state index contributed by atoms with van der Waals surface area (Å²) in [5.41, 5.74) is 1.14. The third-order valence-electron chi connectivity index (χ3n) is 4.55. The quantitative estimate of drug-likeness (QED) is 0.914. The lowest BCUT2D eigenvalue weighted by molar-refractivity contribution is 0.0680. The van der Waals surface area contributed by atoms with Crippen LogP contribution in [0.2, 0.25) is 10.0 Å². The lowest BCUT2D eigenvalue weighted by Gasteiger charge is -2.46. The third-order valence-corrected chi connectivity index (χ3v) is 5.11. The Balaban J connectivity index is 1.69. The average Bonchev–Trinajstić information content (AvgIpc) is 2.39. The topological polar surface area (TPSA) is 15.3 Å². The van der Waals surface area contributed by atoms with Gasteiger partial charge < -0.3 is 10.2 Å². The van der Waals surface area contributed by atoms with Crippen LogP contribution in [0.5, 0.6) is 0 Å². The lowest BCUT2D eigenvalue weighted by Crippen LogP contribution is -2.56. The van der Waals surface area contributed by atoms with Crippen molar-refractivity contribution in [1.82, 2.24) is 10.2 Å². The van der Waals surface area contributed by atoms with Crippen LogP contribution < -0.4 is 5.32 Å². The highest BCUT2D eigenvalue weighted by molar-refractivity contribution is 6.35. The minimum Gasteiger partial charge on any atom is -0.306 e. The van der Waals surface area contributed by atoms with Crippen LogP contribution in [-0.2, 0) is 0 Å². The number of rotatable bonds is 3. The van der Waals surface area contributed by atoms with E-state index >= 15 is 0 Å². The fourth-order valence-corrected chi connectivity index (χ4v) is 3.99. The molecule has 0 spiro atoms. The molecule has 2 unspecified atom stereocenters. The summed E-state index contributed by atoms with van der Waals surface area (Å²) in [6.07, 6.45) is 2.66. The van der Waals surface area contributed by atoms with Crippen molar-refractivity contribution in [2.45, 2.75) is 31.8 Å². The van der Waals surface area contributed by atoms with E-state index < -0.39 is 0 Å². The fraction of sp³-hybridized carbons (Fsp3) is 0.600. The molecule has 0 saturated carbocycles. The molecule has 3 fully saturated rings. The van der Waals surface area contributed by atoms with Crippen LogP contribution in [0.25, 0.3) is 0 Å². The smallest absolute Gasteiger partial charge is 0.0468 e. The van der Waals surface area contributed by atoms with Crippen LogP contribution in [0.1, 0.15) is 31.4 Å². The number of halogens is 2. The molecule has 3 aliphatic heterocycles. The highest BCUT2D eigenvalue weighted by Gasteiger charge is 2.34. The van der Waals surface area contributed by atoms with Gasteiger partial charge in [0.05, 0.1) is 0 Å². The molecule has 4 rings (SSSR count). The fourth-order valence-electron chi connectivity index (χ4n) is 3.42. The molecule has 104 valence electrons. The zero-order valence-electron chi connectivity index (χ0n) is 11.2. The van der Waals surface area contributed by atoms with Crippen LogP contribution in [0.15, 0.2) is 18.2 Å². The van der Waals surface area contributed by atoms with Gasteiger partial charge in [0, 0.05) is 28.7 Å². The highest BCUT2D eigenvalue weighted by atomic mass is 35.5. The summed E-state index contributed by atoms with van der Waals surface area (Å²) in [4.78, 5) is 2.56. The molecule has 2 nitrogen and oxygen atoms in total. The molecule has 3 aliphatic rings. The zero-order chi connectivity index (χ0) is 13.4. The van der Waals surface area contributed by atoms with E-state index in [0.29, 0.717) is 11.1 Å². The van der Waals surface area contributed by atoms with Crippen LogP contribution >= 0.6 is 23.2 Å². The molecular weight excluding hydrogens is 279 g/mol. The first-order valence-corrected chi connectivity index (χ1v) is 7.82. The van der Waals surface area contributed by atoms with Gasteiger partial charge in [0.15, 0.2) is 0 Å². The first kappa shape index (κ1) is 13.7. The van der Waals surface area contributed by atoms with Crippen molar-refractivity contribution < 1.29 is 0 Å². The number of benzene rings is 1. The summed E-state index contributed by atoms with van der Waals surface area (Å²) in [7, 11) is 0. The SMILES string of the molecule is CC(NC1CN2CCC1CC2)c1ccc(Cl)cc1Cl. The minimum absolute atomic E-state index is 0.273. The molecule has 3 heterocycles. The van der Waals surface area contributed by atoms with E-state index in [4.69, 9.17) is 23.2 Å². The normalized spacial score (nSPS) is 31.4. The van der Waals surface area contributed by atoms with Gasteiger partial charge in [0.2, 0.25) is 0 Å². The summed E-state index contributed by atoms with van der Waals surface area (Å²) < 4.78 is 0. The van der Waals surface area contributed by atoms with E-state index in [1.54, 1.807) is 0 Å². The van der Waals surface area contributed by atoms with Gasteiger partial charge in [0.1, 0.15) is 0 Å². The van der Waals surface area contributed by atoms with Gasteiger partial charge in [-0.3, -0.25) is 0 Å². The zero-order valence-corrected chi connectivity index (χ0v) is 12.7. The average molecular weight is 299 g/mol. The second kappa shape index (κ2) is 5.61. The molecule has 0 amide bonds. The second-order valence-corrected chi connectivity index (χ2v) is 6.64. The Labute approximate surface area is 125 Å². The van der Waals surface area contributed by atoms with Gasteiger partial charge in [-0.25, -0.2) is 0 Å². The molecule has 19 heavy (non-hydrogen) atoms. The number of nitrogens with one attached hydrogen (secondary N) is 1. The van der Waals surface area contributed by atoms with Crippen molar-refractivity contribution in [2.24, 2.45) is 5.92 Å². The molecule has 2 bridgehead atoms. The Bertz CT molecular complexity index is 455. The molecule has 2 atom stereocenters. The molecule has 0 aliphatic carbocycles. The van der Waals surface area contributed by atoms with Crippen molar-refractivity contribution >= 4 is 23.2 Å². The van der Waals surface area contributed by atoms with E-state index in [1.807, 2.05) is 18.2 Å². The predicted octanol–water partition coefficient (Wildman–Crippen LogP) is 3.74. The van der Waals surface area contributed by atoms with Gasteiger partial charge in [-0.05, 0) is 56.5 Å². The van der Waals surface area contributed by atoms with Crippen molar-refractivity contribution in [3.8, 4) is 0 Å². The van der Waals surface area contributed by atoms with Gasteiger partial charge >= 0.3 is 0 Å². The molecule has 4 heteroatoms. The summed E-state index contributed by atoms with van der Waals surface area (Å²) in [6, 6.07) is 6.65. The van der Waals surface area contributed by atoms with E-state index in [0.717, 1.165) is 16.5 Å². The van der Waals surface area contributed by atoms with Crippen LogP contribution in [0.4, 0.5) is 0 Å². The maximum absolute atomic E-state index is 6.29. The van der Waals surface area contributed by atoms with Crippen LogP contribution in [0, 0.1) is 5.92 Å². The van der Waals surface area contributed by atoms with Crippen LogP contribution in [-0.4, -0.2) is 30.6 Å². The molecule has 3 saturated heterocycles. The van der Waals surface area contributed by atoms with Crippen molar-refractivity contribution in [1.29, 1.82) is 0 Å². The summed E-state index contributed by atoms with van der Waals surface area (Å²) >= 11 is 12.2. The van der Waals surface area contributed by atoms with E-state index in [9.17, 15) is 0 Å². The first-order valence-electron chi connectivity index (χ1n) is 7.07. The molecule has 0 radical (unpaired) electrons. The lowest BCUT2D eigenvalue weighted by atomic mass is 9.83. The maximum Gasteiger partial charge on any atom is 0.0468 e. The Morgan fingerprint density at radius 3 is 2.58 bits per heavy atom. The Hall–Kier alpha value is -0.280. The monoisotopic (exact) mass is 298 g/mol. The second-order valence-electron chi connectivity index (χ2n) is 5.80. The van der Waals surface area contributed by atoms with Gasteiger partial charge in [-0.15, -0.1) is 0 Å². The van der Waals surface area contributed by atoms with Gasteiger partial charge in [-0.2, -0.15) is 0 Å². The minimum atomic E-state index is 0.273. The Morgan fingerprint density at radius 2 is 2.00 bits per heavy atom. The molecular formula is C15H20Cl2N2. The number of nitrogens with zero attached hydrogens (tertiary/aromatic N) is 1. The molecule has 1 N–H and O–H groups in total. The summed E-state index contributed by atoms with van der Waals surface area (Å²) in [5.74, 6) is 0.832. The molecule has 1 aromatic carbocycles. The van der Waals surface area contributed by atoms with Crippen molar-refractivity contribution in [3.63, 3.8) is 0 Å². The van der Waals surface area contributed by atoms with Gasteiger partial charge in [0.25, 0.3) is 0 Å². The number of hydrogen-bond donors (Lipinski definition) is 1. The Morgan fingerprint density at radius 1 is 1.26 bits per heavy atom. The highest BCUT2D eigenvalue weighted by Crippen LogP contribution is 2.31. The van der Waals surface area contributed by atoms with Crippen LogP contribution in [0.3, 0.4) is 0 Å². The number of fused-ring (bicyclic) bond motifs is 3. The number of piperidine rings is 3. The summed E-state index contributed by atoms with van der Waals surface area (Å²) in [6.45, 7) is 5.92. The third kappa shape index (κ3) is 2.92.